The zero-order valence-electron chi connectivity index (χ0n) is 15.1. The molecule has 1 N–H and O–H groups in total. The molecule has 138 valence electrons. The van der Waals surface area contributed by atoms with Gasteiger partial charge in [0.1, 0.15) is 0 Å². The van der Waals surface area contributed by atoms with Crippen molar-refractivity contribution in [2.24, 2.45) is 7.05 Å². The van der Waals surface area contributed by atoms with Crippen molar-refractivity contribution in [2.75, 3.05) is 5.75 Å². The monoisotopic (exact) mass is 379 g/mol. The number of fused-ring (bicyclic) bond motifs is 1. The molecule has 1 amide bonds. The number of thioether (sulfide) groups is 1. The maximum absolute atomic E-state index is 12.5. The maximum Gasteiger partial charge on any atom is 0.230 e. The van der Waals surface area contributed by atoms with Crippen molar-refractivity contribution in [1.29, 1.82) is 0 Å². The zero-order chi connectivity index (χ0) is 18.6. The van der Waals surface area contributed by atoms with Gasteiger partial charge in [-0.05, 0) is 42.5 Å². The molecule has 1 aromatic carbocycles. The molecule has 2 aromatic heterocycles. The first-order valence-corrected chi connectivity index (χ1v) is 10.0. The number of aryl methyl sites for hydroxylation is 1. The maximum atomic E-state index is 12.5. The predicted octanol–water partition coefficient (Wildman–Crippen LogP) is 3.16. The van der Waals surface area contributed by atoms with Crippen LogP contribution in [-0.4, -0.2) is 31.4 Å². The number of benzene rings is 1. The molecular formula is C20H21N5OS. The summed E-state index contributed by atoms with van der Waals surface area (Å²) in [6.45, 7) is 0. The van der Waals surface area contributed by atoms with Crippen molar-refractivity contribution < 1.29 is 4.79 Å². The van der Waals surface area contributed by atoms with Gasteiger partial charge in [0.05, 0.1) is 11.8 Å². The highest BCUT2D eigenvalue weighted by atomic mass is 32.2. The second-order valence-electron chi connectivity index (χ2n) is 6.60. The lowest BCUT2D eigenvalue weighted by Crippen LogP contribution is -2.32. The van der Waals surface area contributed by atoms with Gasteiger partial charge in [0.25, 0.3) is 0 Å². The lowest BCUT2D eigenvalue weighted by molar-refractivity contribution is -0.119. The Morgan fingerprint density at radius 2 is 2.04 bits per heavy atom. The minimum Gasteiger partial charge on any atom is -0.349 e. The third-order valence-electron chi connectivity index (χ3n) is 4.81. The number of carbonyl (C=O) groups excluding carboxylic acids is 1. The molecule has 1 aliphatic rings. The van der Waals surface area contributed by atoms with Crippen LogP contribution in [0.25, 0.3) is 11.4 Å². The van der Waals surface area contributed by atoms with Crippen LogP contribution in [0.2, 0.25) is 0 Å². The van der Waals surface area contributed by atoms with Crippen LogP contribution < -0.4 is 5.32 Å². The topological polar surface area (TPSA) is 72.7 Å². The molecule has 0 saturated carbocycles. The van der Waals surface area contributed by atoms with E-state index in [1.54, 1.807) is 12.4 Å². The number of carbonyl (C=O) groups is 1. The number of nitrogens with zero attached hydrogens (tertiary/aromatic N) is 4. The van der Waals surface area contributed by atoms with Crippen molar-refractivity contribution in [1.82, 2.24) is 25.1 Å². The van der Waals surface area contributed by atoms with Crippen LogP contribution >= 0.6 is 11.8 Å². The molecule has 1 aliphatic carbocycles. The fourth-order valence-electron chi connectivity index (χ4n) is 3.46. The molecule has 0 radical (unpaired) electrons. The SMILES string of the molecule is Cn1c(SCC(=O)N[C@H]2CCCc3ccccc32)nnc1-c1ccncc1. The van der Waals surface area contributed by atoms with Crippen LogP contribution in [0.5, 0.6) is 0 Å². The van der Waals surface area contributed by atoms with Crippen molar-refractivity contribution in [3.05, 3.63) is 59.9 Å². The smallest absolute Gasteiger partial charge is 0.230 e. The molecule has 1 atom stereocenters. The van der Waals surface area contributed by atoms with E-state index in [1.807, 2.05) is 29.8 Å². The highest BCUT2D eigenvalue weighted by Crippen LogP contribution is 2.29. The summed E-state index contributed by atoms with van der Waals surface area (Å²) in [6, 6.07) is 12.3. The van der Waals surface area contributed by atoms with E-state index in [2.05, 4.69) is 38.7 Å². The first-order chi connectivity index (χ1) is 13.2. The number of nitrogens with one attached hydrogen (secondary N) is 1. The lowest BCUT2D eigenvalue weighted by Gasteiger charge is -2.26. The van der Waals surface area contributed by atoms with Gasteiger partial charge in [0.15, 0.2) is 11.0 Å². The van der Waals surface area contributed by atoms with Gasteiger partial charge in [-0.1, -0.05) is 36.0 Å². The number of aromatic nitrogens is 4. The Hall–Kier alpha value is -2.67. The second-order valence-corrected chi connectivity index (χ2v) is 7.54. The number of hydrogen-bond donors (Lipinski definition) is 1. The van der Waals surface area contributed by atoms with Crippen molar-refractivity contribution >= 4 is 17.7 Å². The van der Waals surface area contributed by atoms with Crippen molar-refractivity contribution in [3.63, 3.8) is 0 Å². The van der Waals surface area contributed by atoms with Gasteiger partial charge in [0, 0.05) is 25.0 Å². The normalized spacial score (nSPS) is 16.0. The lowest BCUT2D eigenvalue weighted by atomic mass is 9.88. The van der Waals surface area contributed by atoms with E-state index in [1.165, 1.54) is 22.9 Å². The Kier molecular flexibility index (Phi) is 5.20. The number of hydrogen-bond acceptors (Lipinski definition) is 5. The molecular weight excluding hydrogens is 358 g/mol. The molecule has 0 unspecified atom stereocenters. The van der Waals surface area contributed by atoms with E-state index in [-0.39, 0.29) is 11.9 Å². The van der Waals surface area contributed by atoms with Crippen LogP contribution in [0.4, 0.5) is 0 Å². The standard InChI is InChI=1S/C20H21N5OS/c1-25-19(15-9-11-21-12-10-15)23-24-20(25)27-13-18(26)22-17-8-4-6-14-5-2-3-7-16(14)17/h2-3,5,7,9-12,17H,4,6,8,13H2,1H3,(H,22,26)/t17-/m0/s1. The van der Waals surface area contributed by atoms with Gasteiger partial charge in [-0.15, -0.1) is 10.2 Å². The Balaban J connectivity index is 1.39. The van der Waals surface area contributed by atoms with Crippen LogP contribution in [0.1, 0.15) is 30.0 Å². The number of rotatable bonds is 5. The zero-order valence-corrected chi connectivity index (χ0v) is 15.9. The van der Waals surface area contributed by atoms with Crippen molar-refractivity contribution in [2.45, 2.75) is 30.5 Å². The molecule has 27 heavy (non-hydrogen) atoms. The number of amides is 1. The van der Waals surface area contributed by atoms with E-state index < -0.39 is 0 Å². The first kappa shape index (κ1) is 17.7. The Morgan fingerprint density at radius 3 is 2.89 bits per heavy atom. The molecule has 0 bridgehead atoms. The minimum absolute atomic E-state index is 0.0233. The van der Waals surface area contributed by atoms with Crippen LogP contribution in [0.15, 0.2) is 53.9 Å². The number of pyridine rings is 1. The molecule has 0 spiro atoms. The van der Waals surface area contributed by atoms with Gasteiger partial charge in [0.2, 0.25) is 5.91 Å². The van der Waals surface area contributed by atoms with Crippen molar-refractivity contribution in [3.8, 4) is 11.4 Å². The average Bonchev–Trinajstić information content (AvgIpc) is 3.08. The molecule has 2 heterocycles. The third kappa shape index (κ3) is 3.88. The quantitative estimate of drug-likeness (QED) is 0.690. The minimum atomic E-state index is 0.0233. The van der Waals surface area contributed by atoms with Gasteiger partial charge in [-0.2, -0.15) is 0 Å². The Bertz CT molecular complexity index is 941. The van der Waals surface area contributed by atoms with E-state index in [0.717, 1.165) is 35.8 Å². The molecule has 4 rings (SSSR count). The summed E-state index contributed by atoms with van der Waals surface area (Å²) < 4.78 is 1.91. The highest BCUT2D eigenvalue weighted by molar-refractivity contribution is 7.99. The summed E-state index contributed by atoms with van der Waals surface area (Å²) in [6.07, 6.45) is 6.64. The summed E-state index contributed by atoms with van der Waals surface area (Å²) >= 11 is 1.40. The van der Waals surface area contributed by atoms with E-state index in [0.29, 0.717) is 5.75 Å². The Morgan fingerprint density at radius 1 is 1.22 bits per heavy atom. The third-order valence-corrected chi connectivity index (χ3v) is 5.83. The fourth-order valence-corrected chi connectivity index (χ4v) is 4.19. The predicted molar refractivity (Wildman–Crippen MR) is 105 cm³/mol. The first-order valence-electron chi connectivity index (χ1n) is 9.02. The Labute approximate surface area is 162 Å². The molecule has 3 aromatic rings. The fraction of sp³-hybridized carbons (Fsp3) is 0.300. The largest absolute Gasteiger partial charge is 0.349 e. The van der Waals surface area contributed by atoms with E-state index >= 15 is 0 Å². The summed E-state index contributed by atoms with van der Waals surface area (Å²) in [5.74, 6) is 1.11. The van der Waals surface area contributed by atoms with E-state index in [9.17, 15) is 4.79 Å². The van der Waals surface area contributed by atoms with Crippen LogP contribution in [0, 0.1) is 0 Å². The molecule has 6 nitrogen and oxygen atoms in total. The van der Waals surface area contributed by atoms with Crippen LogP contribution in [-0.2, 0) is 18.3 Å². The van der Waals surface area contributed by atoms with E-state index in [4.69, 9.17) is 0 Å². The summed E-state index contributed by atoms with van der Waals surface area (Å²) in [5.41, 5.74) is 3.55. The molecule has 0 fully saturated rings. The van der Waals surface area contributed by atoms with Gasteiger partial charge in [-0.3, -0.25) is 9.78 Å². The molecule has 0 saturated heterocycles. The summed E-state index contributed by atoms with van der Waals surface area (Å²) in [7, 11) is 1.91. The van der Waals surface area contributed by atoms with Gasteiger partial charge in [-0.25, -0.2) is 0 Å². The summed E-state index contributed by atoms with van der Waals surface area (Å²) in [5, 5.41) is 12.4. The second kappa shape index (κ2) is 7.92. The average molecular weight is 379 g/mol. The van der Waals surface area contributed by atoms with Crippen LogP contribution in [0.3, 0.4) is 0 Å². The van der Waals surface area contributed by atoms with Gasteiger partial charge < -0.3 is 9.88 Å². The highest BCUT2D eigenvalue weighted by Gasteiger charge is 2.21. The summed E-state index contributed by atoms with van der Waals surface area (Å²) in [4.78, 5) is 16.5. The molecule has 7 heteroatoms. The van der Waals surface area contributed by atoms with Gasteiger partial charge >= 0.3 is 0 Å². The molecule has 0 aliphatic heterocycles.